The summed E-state index contributed by atoms with van der Waals surface area (Å²) < 4.78 is 5.26. The summed E-state index contributed by atoms with van der Waals surface area (Å²) >= 11 is 0. The molecule has 2 heterocycles. The van der Waals surface area contributed by atoms with Gasteiger partial charge in [0, 0.05) is 6.20 Å². The molecule has 0 aliphatic rings. The van der Waals surface area contributed by atoms with Gasteiger partial charge in [0.2, 0.25) is 0 Å². The molecule has 2 aromatic heterocycles. The number of pyridine rings is 1. The molecule has 2 aromatic rings. The maximum Gasteiger partial charge on any atom is 0.266 e. The van der Waals surface area contributed by atoms with Crippen LogP contribution in [0.4, 0.5) is 0 Å². The molecule has 0 aromatic carbocycles. The van der Waals surface area contributed by atoms with E-state index in [2.05, 4.69) is 25.2 Å². The van der Waals surface area contributed by atoms with E-state index in [0.717, 1.165) is 0 Å². The number of hydrogen-bond acceptors (Lipinski definition) is 6. The first-order chi connectivity index (χ1) is 7.40. The van der Waals surface area contributed by atoms with E-state index < -0.39 is 0 Å². The van der Waals surface area contributed by atoms with E-state index in [-0.39, 0.29) is 5.89 Å². The number of aromatic nitrogens is 3. The number of rotatable bonds is 3. The molecule has 0 fully saturated rings. The van der Waals surface area contributed by atoms with Gasteiger partial charge in [-0.05, 0) is 12.1 Å². The second kappa shape index (κ2) is 4.32. The van der Waals surface area contributed by atoms with Gasteiger partial charge in [0.1, 0.15) is 19.0 Å². The van der Waals surface area contributed by atoms with Gasteiger partial charge < -0.3 is 9.25 Å². The number of nitrogens with zero attached hydrogens (tertiary/aromatic N) is 4. The van der Waals surface area contributed by atoms with E-state index in [1.807, 2.05) is 12.1 Å². The second-order valence-corrected chi connectivity index (χ2v) is 2.58. The minimum absolute atomic E-state index is 0.275. The SMILES string of the molecule is CON=Cc1nnc(-c2ccccn2)o1. The van der Waals surface area contributed by atoms with Crippen molar-refractivity contribution < 1.29 is 9.25 Å². The summed E-state index contributed by atoms with van der Waals surface area (Å²) in [5.74, 6) is 0.630. The van der Waals surface area contributed by atoms with E-state index in [4.69, 9.17) is 4.42 Å². The highest BCUT2D eigenvalue weighted by Gasteiger charge is 2.06. The van der Waals surface area contributed by atoms with Crippen molar-refractivity contribution in [1.29, 1.82) is 0 Å². The second-order valence-electron chi connectivity index (χ2n) is 2.58. The van der Waals surface area contributed by atoms with Crippen molar-refractivity contribution in [1.82, 2.24) is 15.2 Å². The predicted octanol–water partition coefficient (Wildman–Crippen LogP) is 1.11. The standard InChI is InChI=1S/C9H8N4O2/c1-14-11-6-8-12-13-9(15-8)7-4-2-3-5-10-7/h2-6H,1H3. The average Bonchev–Trinajstić information content (AvgIpc) is 2.76. The van der Waals surface area contributed by atoms with Gasteiger partial charge in [-0.2, -0.15) is 0 Å². The van der Waals surface area contributed by atoms with Crippen molar-refractivity contribution in [2.24, 2.45) is 5.16 Å². The van der Waals surface area contributed by atoms with Gasteiger partial charge in [-0.3, -0.25) is 4.98 Å². The minimum atomic E-state index is 0.275. The summed E-state index contributed by atoms with van der Waals surface area (Å²) in [4.78, 5) is 8.56. The van der Waals surface area contributed by atoms with Crippen LogP contribution in [0.3, 0.4) is 0 Å². The highest BCUT2D eigenvalue weighted by atomic mass is 16.6. The van der Waals surface area contributed by atoms with Crippen LogP contribution >= 0.6 is 0 Å². The van der Waals surface area contributed by atoms with Gasteiger partial charge in [-0.1, -0.05) is 11.2 Å². The molecule has 0 amide bonds. The summed E-state index contributed by atoms with van der Waals surface area (Å²) in [5, 5.41) is 11.1. The molecule has 0 spiro atoms. The Morgan fingerprint density at radius 1 is 1.40 bits per heavy atom. The monoisotopic (exact) mass is 204 g/mol. The molecule has 0 bridgehead atoms. The summed E-state index contributed by atoms with van der Waals surface area (Å²) in [5.41, 5.74) is 0.627. The highest BCUT2D eigenvalue weighted by Crippen LogP contribution is 2.12. The maximum atomic E-state index is 5.26. The Kier molecular flexibility index (Phi) is 2.68. The Labute approximate surface area is 85.6 Å². The van der Waals surface area contributed by atoms with E-state index in [0.29, 0.717) is 11.6 Å². The smallest absolute Gasteiger partial charge is 0.266 e. The Morgan fingerprint density at radius 3 is 3.07 bits per heavy atom. The topological polar surface area (TPSA) is 73.4 Å². The fourth-order valence-corrected chi connectivity index (χ4v) is 0.977. The summed E-state index contributed by atoms with van der Waals surface area (Å²) in [6.07, 6.45) is 2.99. The maximum absolute atomic E-state index is 5.26. The van der Waals surface area contributed by atoms with Crippen molar-refractivity contribution in [3.05, 3.63) is 30.3 Å². The molecule has 0 saturated heterocycles. The summed E-state index contributed by atoms with van der Waals surface area (Å²) in [6, 6.07) is 5.44. The lowest BCUT2D eigenvalue weighted by Crippen LogP contribution is -1.80. The zero-order valence-electron chi connectivity index (χ0n) is 7.99. The molecule has 0 atom stereocenters. The third kappa shape index (κ3) is 2.16. The first-order valence-electron chi connectivity index (χ1n) is 4.21. The zero-order chi connectivity index (χ0) is 10.5. The van der Waals surface area contributed by atoms with Crippen LogP contribution in [0, 0.1) is 0 Å². The largest absolute Gasteiger partial charge is 0.414 e. The van der Waals surface area contributed by atoms with E-state index in [1.54, 1.807) is 12.3 Å². The molecular weight excluding hydrogens is 196 g/mol. The van der Waals surface area contributed by atoms with Crippen molar-refractivity contribution >= 4 is 6.21 Å². The van der Waals surface area contributed by atoms with Crippen LogP contribution in [0.2, 0.25) is 0 Å². The quantitative estimate of drug-likeness (QED) is 0.553. The molecule has 0 saturated carbocycles. The van der Waals surface area contributed by atoms with Crippen LogP contribution in [0.1, 0.15) is 5.89 Å². The fourth-order valence-electron chi connectivity index (χ4n) is 0.977. The molecule has 15 heavy (non-hydrogen) atoms. The Morgan fingerprint density at radius 2 is 2.33 bits per heavy atom. The Bertz CT molecular complexity index is 452. The Hall–Kier alpha value is -2.24. The lowest BCUT2D eigenvalue weighted by Gasteiger charge is -1.89. The van der Waals surface area contributed by atoms with Crippen molar-refractivity contribution in [2.75, 3.05) is 7.11 Å². The molecule has 76 valence electrons. The molecule has 0 unspecified atom stereocenters. The first-order valence-corrected chi connectivity index (χ1v) is 4.21. The molecule has 6 heteroatoms. The first kappa shape index (κ1) is 9.32. The normalized spacial score (nSPS) is 10.7. The van der Waals surface area contributed by atoms with Gasteiger partial charge in [0.25, 0.3) is 11.8 Å². The van der Waals surface area contributed by atoms with Crippen molar-refractivity contribution in [3.63, 3.8) is 0 Å². The van der Waals surface area contributed by atoms with Crippen LogP contribution in [0.5, 0.6) is 0 Å². The molecule has 0 radical (unpaired) electrons. The lowest BCUT2D eigenvalue weighted by molar-refractivity contribution is 0.215. The third-order valence-corrected chi connectivity index (χ3v) is 1.59. The van der Waals surface area contributed by atoms with Crippen LogP contribution in [-0.4, -0.2) is 28.5 Å². The van der Waals surface area contributed by atoms with E-state index in [9.17, 15) is 0 Å². The number of oxime groups is 1. The van der Waals surface area contributed by atoms with Gasteiger partial charge in [-0.25, -0.2) is 0 Å². The van der Waals surface area contributed by atoms with Crippen molar-refractivity contribution in [2.45, 2.75) is 0 Å². The predicted molar refractivity (Wildman–Crippen MR) is 52.1 cm³/mol. The van der Waals surface area contributed by atoms with Gasteiger partial charge >= 0.3 is 0 Å². The van der Waals surface area contributed by atoms with Crippen LogP contribution in [0.15, 0.2) is 34.0 Å². The van der Waals surface area contributed by atoms with Crippen LogP contribution in [-0.2, 0) is 4.84 Å². The Balaban J connectivity index is 2.24. The van der Waals surface area contributed by atoms with Crippen LogP contribution < -0.4 is 0 Å². The molecular formula is C9H8N4O2. The summed E-state index contributed by atoms with van der Waals surface area (Å²) in [6.45, 7) is 0. The highest BCUT2D eigenvalue weighted by molar-refractivity contribution is 5.72. The van der Waals surface area contributed by atoms with Crippen molar-refractivity contribution in [3.8, 4) is 11.6 Å². The molecule has 0 aliphatic carbocycles. The van der Waals surface area contributed by atoms with Crippen LogP contribution in [0.25, 0.3) is 11.6 Å². The van der Waals surface area contributed by atoms with E-state index >= 15 is 0 Å². The van der Waals surface area contributed by atoms with Gasteiger partial charge in [0.05, 0.1) is 0 Å². The minimum Gasteiger partial charge on any atom is -0.414 e. The molecule has 0 N–H and O–H groups in total. The lowest BCUT2D eigenvalue weighted by atomic mass is 10.3. The summed E-state index contributed by atoms with van der Waals surface area (Å²) in [7, 11) is 1.44. The molecule has 6 nitrogen and oxygen atoms in total. The molecule has 0 aliphatic heterocycles. The molecule has 2 rings (SSSR count). The van der Waals surface area contributed by atoms with E-state index in [1.165, 1.54) is 13.3 Å². The number of hydrogen-bond donors (Lipinski definition) is 0. The van der Waals surface area contributed by atoms with Gasteiger partial charge in [0.15, 0.2) is 0 Å². The third-order valence-electron chi connectivity index (χ3n) is 1.59. The van der Waals surface area contributed by atoms with Gasteiger partial charge in [-0.15, -0.1) is 10.2 Å². The average molecular weight is 204 g/mol. The zero-order valence-corrected chi connectivity index (χ0v) is 7.99. The fraction of sp³-hybridized carbons (Fsp3) is 0.111.